The number of hydrogen-bond acceptors (Lipinski definition) is 6. The molecule has 0 aliphatic carbocycles. The van der Waals surface area contributed by atoms with Gasteiger partial charge in [0.05, 0.1) is 12.1 Å². The van der Waals surface area contributed by atoms with Gasteiger partial charge in [0.25, 0.3) is 0 Å². The van der Waals surface area contributed by atoms with Gasteiger partial charge in [-0.3, -0.25) is 0 Å². The second-order valence-electron chi connectivity index (χ2n) is 4.44. The van der Waals surface area contributed by atoms with E-state index < -0.39 is 17.5 Å². The third-order valence-electron chi connectivity index (χ3n) is 2.86. The topological polar surface area (TPSA) is 75.3 Å². The molecule has 9 heteroatoms. The standard InChI is InChI=1S/C9H13F3N4OS/c10-9(11,12)6-14-7(18-15-6)16-3-1-2-8(13,4-16)5-17/h17H,1-5,13H2. The van der Waals surface area contributed by atoms with Gasteiger partial charge in [-0.15, -0.1) is 0 Å². The van der Waals surface area contributed by atoms with E-state index >= 15 is 0 Å². The molecule has 0 spiro atoms. The minimum atomic E-state index is -4.53. The van der Waals surface area contributed by atoms with Gasteiger partial charge in [0.2, 0.25) is 11.0 Å². The SMILES string of the molecule is NC1(CO)CCCN(c2nc(C(F)(F)F)ns2)C1. The monoisotopic (exact) mass is 282 g/mol. The van der Waals surface area contributed by atoms with Crippen molar-refractivity contribution in [2.75, 3.05) is 24.6 Å². The lowest BCUT2D eigenvalue weighted by Crippen LogP contribution is -2.56. The van der Waals surface area contributed by atoms with Gasteiger partial charge in [-0.25, -0.2) is 0 Å². The Hall–Kier alpha value is -0.930. The Kier molecular flexibility index (Phi) is 3.47. The maximum Gasteiger partial charge on any atom is 0.452 e. The van der Waals surface area contributed by atoms with Gasteiger partial charge < -0.3 is 15.7 Å². The van der Waals surface area contributed by atoms with Gasteiger partial charge in [-0.1, -0.05) is 0 Å². The molecule has 1 unspecified atom stereocenters. The van der Waals surface area contributed by atoms with Crippen LogP contribution >= 0.6 is 11.5 Å². The van der Waals surface area contributed by atoms with Crippen LogP contribution in [0.25, 0.3) is 0 Å². The van der Waals surface area contributed by atoms with Crippen molar-refractivity contribution in [3.05, 3.63) is 5.82 Å². The zero-order valence-corrected chi connectivity index (χ0v) is 10.3. The summed E-state index contributed by atoms with van der Waals surface area (Å²) in [6.07, 6.45) is -3.18. The minimum absolute atomic E-state index is 0.199. The first-order valence-corrected chi connectivity index (χ1v) is 6.17. The number of aliphatic hydroxyl groups is 1. The summed E-state index contributed by atoms with van der Waals surface area (Å²) in [6.45, 7) is 0.663. The Balaban J connectivity index is 2.14. The molecule has 1 atom stereocenters. The van der Waals surface area contributed by atoms with Gasteiger partial charge >= 0.3 is 6.18 Å². The fourth-order valence-electron chi connectivity index (χ4n) is 1.91. The highest BCUT2D eigenvalue weighted by molar-refractivity contribution is 7.09. The van der Waals surface area contributed by atoms with Gasteiger partial charge in [0.1, 0.15) is 0 Å². The van der Waals surface area contributed by atoms with Crippen molar-refractivity contribution in [2.45, 2.75) is 24.6 Å². The minimum Gasteiger partial charge on any atom is -0.394 e. The number of anilines is 1. The molecule has 18 heavy (non-hydrogen) atoms. The van der Waals surface area contributed by atoms with E-state index in [4.69, 9.17) is 5.73 Å². The average Bonchev–Trinajstić information content (AvgIpc) is 2.78. The van der Waals surface area contributed by atoms with Crippen LogP contribution in [0.5, 0.6) is 0 Å². The Morgan fingerprint density at radius 3 is 2.78 bits per heavy atom. The smallest absolute Gasteiger partial charge is 0.394 e. The predicted octanol–water partition coefficient (Wildman–Crippen LogP) is 0.847. The Labute approximate surface area is 106 Å². The second kappa shape index (κ2) is 4.63. The van der Waals surface area contributed by atoms with Crippen molar-refractivity contribution in [1.29, 1.82) is 0 Å². The van der Waals surface area contributed by atoms with Crippen molar-refractivity contribution in [3.63, 3.8) is 0 Å². The first kappa shape index (κ1) is 13.5. The van der Waals surface area contributed by atoms with Crippen molar-refractivity contribution in [3.8, 4) is 0 Å². The fraction of sp³-hybridized carbons (Fsp3) is 0.778. The van der Waals surface area contributed by atoms with Crippen LogP contribution in [0.15, 0.2) is 0 Å². The molecule has 0 amide bonds. The van der Waals surface area contributed by atoms with Crippen molar-refractivity contribution >= 4 is 16.7 Å². The van der Waals surface area contributed by atoms with Gasteiger partial charge in [0, 0.05) is 24.6 Å². The molecule has 2 rings (SSSR count). The van der Waals surface area contributed by atoms with Gasteiger partial charge in [-0.2, -0.15) is 22.5 Å². The van der Waals surface area contributed by atoms with E-state index in [9.17, 15) is 18.3 Å². The number of halogens is 3. The van der Waals surface area contributed by atoms with Crippen LogP contribution in [-0.2, 0) is 6.18 Å². The maximum atomic E-state index is 12.4. The Morgan fingerprint density at radius 2 is 2.22 bits per heavy atom. The van der Waals surface area contributed by atoms with Crippen LogP contribution in [0.4, 0.5) is 18.3 Å². The summed E-state index contributed by atoms with van der Waals surface area (Å²) < 4.78 is 40.5. The molecular formula is C9H13F3N4OS. The fourth-order valence-corrected chi connectivity index (χ4v) is 2.62. The molecule has 1 fully saturated rings. The number of aliphatic hydroxyl groups excluding tert-OH is 1. The summed E-state index contributed by atoms with van der Waals surface area (Å²) in [4.78, 5) is 5.12. The van der Waals surface area contributed by atoms with Gasteiger partial charge in [-0.05, 0) is 12.8 Å². The predicted molar refractivity (Wildman–Crippen MR) is 60.4 cm³/mol. The molecular weight excluding hydrogens is 269 g/mol. The van der Waals surface area contributed by atoms with Crippen molar-refractivity contribution in [2.24, 2.45) is 5.73 Å². The molecule has 1 aliphatic rings. The number of hydrogen-bond donors (Lipinski definition) is 2. The Morgan fingerprint density at radius 1 is 1.50 bits per heavy atom. The number of nitrogens with zero attached hydrogens (tertiary/aromatic N) is 3. The van der Waals surface area contributed by atoms with E-state index in [1.165, 1.54) is 0 Å². The number of aromatic nitrogens is 2. The van der Waals surface area contributed by atoms with Gasteiger partial charge in [0.15, 0.2) is 0 Å². The highest BCUT2D eigenvalue weighted by Crippen LogP contribution is 2.32. The van der Waals surface area contributed by atoms with Crippen molar-refractivity contribution in [1.82, 2.24) is 9.36 Å². The van der Waals surface area contributed by atoms with Crippen LogP contribution < -0.4 is 10.6 Å². The van der Waals surface area contributed by atoms with Crippen LogP contribution in [0.1, 0.15) is 18.7 Å². The first-order chi connectivity index (χ1) is 8.34. The summed E-state index contributed by atoms with van der Waals surface area (Å²) in [5.41, 5.74) is 5.15. The molecule has 1 aliphatic heterocycles. The molecule has 102 valence electrons. The normalized spacial score (nSPS) is 25.5. The summed E-state index contributed by atoms with van der Waals surface area (Å²) in [5, 5.41) is 9.38. The molecule has 0 aromatic carbocycles. The van der Waals surface area contributed by atoms with E-state index in [2.05, 4.69) is 9.36 Å². The molecule has 0 bridgehead atoms. The molecule has 0 radical (unpaired) electrons. The summed E-state index contributed by atoms with van der Waals surface area (Å²) in [6, 6.07) is 0. The molecule has 1 aromatic heterocycles. The summed E-state index contributed by atoms with van der Waals surface area (Å²) in [7, 11) is 0. The molecule has 3 N–H and O–H groups in total. The zero-order valence-electron chi connectivity index (χ0n) is 9.44. The van der Waals surface area contributed by atoms with Crippen LogP contribution in [0.2, 0.25) is 0 Å². The maximum absolute atomic E-state index is 12.4. The lowest BCUT2D eigenvalue weighted by atomic mass is 9.91. The molecule has 0 saturated carbocycles. The Bertz CT molecular complexity index is 424. The van der Waals surface area contributed by atoms with Crippen molar-refractivity contribution < 1.29 is 18.3 Å². The van der Waals surface area contributed by atoms with E-state index in [-0.39, 0.29) is 18.3 Å². The summed E-state index contributed by atoms with van der Waals surface area (Å²) >= 11 is 0.702. The molecule has 5 nitrogen and oxygen atoms in total. The number of nitrogens with two attached hydrogens (primary N) is 1. The van der Waals surface area contributed by atoms with Crippen LogP contribution in [-0.4, -0.2) is 39.7 Å². The second-order valence-corrected chi connectivity index (χ2v) is 5.17. The molecule has 1 saturated heterocycles. The number of rotatable bonds is 2. The van der Waals surface area contributed by atoms with Crippen LogP contribution in [0, 0.1) is 0 Å². The third kappa shape index (κ3) is 2.73. The third-order valence-corrected chi connectivity index (χ3v) is 3.64. The van der Waals surface area contributed by atoms with E-state index in [0.29, 0.717) is 30.9 Å². The van der Waals surface area contributed by atoms with Crippen LogP contribution in [0.3, 0.4) is 0 Å². The van der Waals surface area contributed by atoms with E-state index in [1.807, 2.05) is 0 Å². The van der Waals surface area contributed by atoms with E-state index in [0.717, 1.165) is 0 Å². The first-order valence-electron chi connectivity index (χ1n) is 5.40. The zero-order chi connectivity index (χ0) is 13.4. The highest BCUT2D eigenvalue weighted by atomic mass is 32.1. The average molecular weight is 282 g/mol. The lowest BCUT2D eigenvalue weighted by Gasteiger charge is -2.38. The molecule has 2 heterocycles. The molecule has 1 aromatic rings. The quantitative estimate of drug-likeness (QED) is 0.841. The summed E-state index contributed by atoms with van der Waals surface area (Å²) in [5.74, 6) is -1.13. The lowest BCUT2D eigenvalue weighted by molar-refractivity contribution is -0.144. The number of alkyl halides is 3. The largest absolute Gasteiger partial charge is 0.452 e. The number of piperidine rings is 1. The highest BCUT2D eigenvalue weighted by Gasteiger charge is 2.38. The van der Waals surface area contributed by atoms with E-state index in [1.54, 1.807) is 4.90 Å².